The van der Waals surface area contributed by atoms with Crippen molar-refractivity contribution >= 4 is 0 Å². The number of aliphatic hydroxyl groups excluding tert-OH is 1. The van der Waals surface area contributed by atoms with Crippen LogP contribution in [-0.4, -0.2) is 23.9 Å². The molecule has 0 aliphatic heterocycles. The monoisotopic (exact) mass is 198 g/mol. The number of hydrogen-bond acceptors (Lipinski definition) is 2. The van der Waals surface area contributed by atoms with Gasteiger partial charge in [-0.2, -0.15) is 0 Å². The molecular weight excluding hydrogens is 176 g/mol. The van der Waals surface area contributed by atoms with Crippen LogP contribution in [0, 0.1) is 11.8 Å². The van der Waals surface area contributed by atoms with Crippen molar-refractivity contribution in [1.82, 2.24) is 0 Å². The first-order chi connectivity index (χ1) is 6.79. The van der Waals surface area contributed by atoms with Crippen LogP contribution in [0.5, 0.6) is 0 Å². The molecule has 2 heteroatoms. The highest BCUT2D eigenvalue weighted by Crippen LogP contribution is 2.33. The Labute approximate surface area is 86.6 Å². The average molecular weight is 198 g/mol. The Morgan fingerprint density at radius 3 is 2.50 bits per heavy atom. The second-order valence-electron chi connectivity index (χ2n) is 4.97. The largest absolute Gasteiger partial charge is 0.390 e. The summed E-state index contributed by atoms with van der Waals surface area (Å²) in [6.07, 6.45) is 7.03. The van der Waals surface area contributed by atoms with Gasteiger partial charge in [-0.1, -0.05) is 13.3 Å². The van der Waals surface area contributed by atoms with Crippen molar-refractivity contribution in [3.8, 4) is 0 Å². The molecule has 0 aromatic carbocycles. The third kappa shape index (κ3) is 2.71. The Morgan fingerprint density at radius 2 is 1.86 bits per heavy atom. The summed E-state index contributed by atoms with van der Waals surface area (Å²) in [4.78, 5) is 0. The van der Waals surface area contributed by atoms with Gasteiger partial charge in [0.05, 0.1) is 12.2 Å². The van der Waals surface area contributed by atoms with Crippen LogP contribution in [0.3, 0.4) is 0 Å². The van der Waals surface area contributed by atoms with Crippen LogP contribution in [0.25, 0.3) is 0 Å². The molecular formula is C12H22O2. The lowest BCUT2D eigenvalue weighted by Gasteiger charge is -2.32. The van der Waals surface area contributed by atoms with E-state index in [4.69, 9.17) is 4.74 Å². The molecule has 0 amide bonds. The molecule has 0 bridgehead atoms. The lowest BCUT2D eigenvalue weighted by atomic mass is 9.84. The molecule has 3 atom stereocenters. The number of rotatable bonds is 4. The Morgan fingerprint density at radius 1 is 1.14 bits per heavy atom. The van der Waals surface area contributed by atoms with Gasteiger partial charge in [0, 0.05) is 6.61 Å². The Bertz CT molecular complexity index is 177. The second kappa shape index (κ2) is 4.63. The smallest absolute Gasteiger partial charge is 0.0836 e. The highest BCUT2D eigenvalue weighted by atomic mass is 16.5. The predicted molar refractivity (Wildman–Crippen MR) is 56.1 cm³/mol. The van der Waals surface area contributed by atoms with Crippen molar-refractivity contribution in [3.05, 3.63) is 0 Å². The molecule has 2 saturated carbocycles. The summed E-state index contributed by atoms with van der Waals surface area (Å²) in [7, 11) is 0. The van der Waals surface area contributed by atoms with Gasteiger partial charge in [-0.05, 0) is 43.9 Å². The van der Waals surface area contributed by atoms with Crippen LogP contribution in [0.15, 0.2) is 0 Å². The summed E-state index contributed by atoms with van der Waals surface area (Å²) < 4.78 is 5.80. The lowest BCUT2D eigenvalue weighted by Crippen LogP contribution is -2.36. The first kappa shape index (κ1) is 10.4. The van der Waals surface area contributed by atoms with Crippen LogP contribution < -0.4 is 0 Å². The summed E-state index contributed by atoms with van der Waals surface area (Å²) in [6, 6.07) is 0. The SMILES string of the molecule is CCC1CCC(O)C(OCC2CC2)C1. The fourth-order valence-electron chi connectivity index (χ4n) is 2.29. The molecule has 2 nitrogen and oxygen atoms in total. The zero-order valence-electron chi connectivity index (χ0n) is 9.11. The van der Waals surface area contributed by atoms with E-state index >= 15 is 0 Å². The number of aliphatic hydroxyl groups is 1. The van der Waals surface area contributed by atoms with Crippen LogP contribution >= 0.6 is 0 Å². The maximum Gasteiger partial charge on any atom is 0.0836 e. The van der Waals surface area contributed by atoms with Gasteiger partial charge in [0.1, 0.15) is 0 Å². The molecule has 2 aliphatic carbocycles. The molecule has 2 fully saturated rings. The van der Waals surface area contributed by atoms with Gasteiger partial charge in [-0.3, -0.25) is 0 Å². The average Bonchev–Trinajstić information content (AvgIpc) is 3.00. The van der Waals surface area contributed by atoms with Gasteiger partial charge in [0.15, 0.2) is 0 Å². The quantitative estimate of drug-likeness (QED) is 0.751. The van der Waals surface area contributed by atoms with E-state index in [1.54, 1.807) is 0 Å². The van der Waals surface area contributed by atoms with E-state index in [2.05, 4.69) is 6.92 Å². The molecule has 0 aromatic heterocycles. The van der Waals surface area contributed by atoms with E-state index in [1.807, 2.05) is 0 Å². The Kier molecular flexibility index (Phi) is 3.45. The fourth-order valence-corrected chi connectivity index (χ4v) is 2.29. The summed E-state index contributed by atoms with van der Waals surface area (Å²) in [5, 5.41) is 9.79. The van der Waals surface area contributed by atoms with Crippen LogP contribution in [0.1, 0.15) is 45.4 Å². The van der Waals surface area contributed by atoms with Crippen LogP contribution in [0.2, 0.25) is 0 Å². The van der Waals surface area contributed by atoms with E-state index in [9.17, 15) is 5.11 Å². The van der Waals surface area contributed by atoms with Gasteiger partial charge in [0.2, 0.25) is 0 Å². The summed E-state index contributed by atoms with van der Waals surface area (Å²) in [6.45, 7) is 3.12. The Balaban J connectivity index is 1.74. The molecule has 0 saturated heterocycles. The van der Waals surface area contributed by atoms with E-state index in [0.29, 0.717) is 0 Å². The molecule has 2 aliphatic rings. The van der Waals surface area contributed by atoms with Gasteiger partial charge < -0.3 is 9.84 Å². The van der Waals surface area contributed by atoms with Crippen LogP contribution in [0.4, 0.5) is 0 Å². The molecule has 0 aromatic rings. The molecule has 0 spiro atoms. The van der Waals surface area contributed by atoms with E-state index in [0.717, 1.165) is 31.3 Å². The predicted octanol–water partition coefficient (Wildman–Crippen LogP) is 2.35. The minimum Gasteiger partial charge on any atom is -0.390 e. The van der Waals surface area contributed by atoms with Gasteiger partial charge in [-0.15, -0.1) is 0 Å². The number of hydrogen-bond donors (Lipinski definition) is 1. The van der Waals surface area contributed by atoms with Gasteiger partial charge in [0.25, 0.3) is 0 Å². The zero-order chi connectivity index (χ0) is 9.97. The van der Waals surface area contributed by atoms with Crippen molar-refractivity contribution in [3.63, 3.8) is 0 Å². The minimum atomic E-state index is -0.198. The molecule has 14 heavy (non-hydrogen) atoms. The summed E-state index contributed by atoms with van der Waals surface area (Å²) in [5.74, 6) is 1.59. The summed E-state index contributed by atoms with van der Waals surface area (Å²) in [5.41, 5.74) is 0. The number of ether oxygens (including phenoxy) is 1. The molecule has 0 radical (unpaired) electrons. The first-order valence-corrected chi connectivity index (χ1v) is 6.09. The summed E-state index contributed by atoms with van der Waals surface area (Å²) >= 11 is 0. The molecule has 82 valence electrons. The van der Waals surface area contributed by atoms with E-state index < -0.39 is 0 Å². The molecule has 1 N–H and O–H groups in total. The Hall–Kier alpha value is -0.0800. The second-order valence-corrected chi connectivity index (χ2v) is 4.97. The first-order valence-electron chi connectivity index (χ1n) is 6.09. The topological polar surface area (TPSA) is 29.5 Å². The molecule has 2 rings (SSSR count). The lowest BCUT2D eigenvalue weighted by molar-refractivity contribution is -0.0745. The fraction of sp³-hybridized carbons (Fsp3) is 1.00. The zero-order valence-corrected chi connectivity index (χ0v) is 9.11. The molecule has 0 heterocycles. The minimum absolute atomic E-state index is 0.134. The van der Waals surface area contributed by atoms with Crippen molar-refractivity contribution in [2.24, 2.45) is 11.8 Å². The van der Waals surface area contributed by atoms with Crippen molar-refractivity contribution in [2.45, 2.75) is 57.7 Å². The van der Waals surface area contributed by atoms with Crippen molar-refractivity contribution in [2.75, 3.05) is 6.61 Å². The third-order valence-electron chi connectivity index (χ3n) is 3.69. The normalized spacial score (nSPS) is 38.6. The van der Waals surface area contributed by atoms with Gasteiger partial charge >= 0.3 is 0 Å². The van der Waals surface area contributed by atoms with Gasteiger partial charge in [-0.25, -0.2) is 0 Å². The van der Waals surface area contributed by atoms with Crippen molar-refractivity contribution in [1.29, 1.82) is 0 Å². The van der Waals surface area contributed by atoms with Crippen LogP contribution in [-0.2, 0) is 4.74 Å². The van der Waals surface area contributed by atoms with E-state index in [-0.39, 0.29) is 12.2 Å². The van der Waals surface area contributed by atoms with Crippen molar-refractivity contribution < 1.29 is 9.84 Å². The molecule has 3 unspecified atom stereocenters. The van der Waals surface area contributed by atoms with E-state index in [1.165, 1.54) is 25.7 Å². The standard InChI is InChI=1S/C12H22O2/c1-2-9-5-6-11(13)12(7-9)14-8-10-3-4-10/h9-13H,2-8H2,1H3. The maximum atomic E-state index is 9.79. The highest BCUT2D eigenvalue weighted by Gasteiger charge is 2.31. The maximum absolute atomic E-state index is 9.79. The highest BCUT2D eigenvalue weighted by molar-refractivity contribution is 4.81. The third-order valence-corrected chi connectivity index (χ3v) is 3.69.